The molecule has 0 fully saturated rings. The Balaban J connectivity index is 1.74. The lowest BCUT2D eigenvalue weighted by Crippen LogP contribution is -2.51. The summed E-state index contributed by atoms with van der Waals surface area (Å²) in [6.07, 6.45) is 7.99. The fraction of sp³-hybridized carbons (Fsp3) is 0.324. The smallest absolute Gasteiger partial charge is 0.269 e. The zero-order valence-electron chi connectivity index (χ0n) is 25.9. The van der Waals surface area contributed by atoms with Crippen molar-refractivity contribution in [1.29, 1.82) is 0 Å². The van der Waals surface area contributed by atoms with Crippen molar-refractivity contribution in [2.45, 2.75) is 63.1 Å². The highest BCUT2D eigenvalue weighted by Crippen LogP contribution is 2.44. The second-order valence-corrected chi connectivity index (χ2v) is 19.9. The van der Waals surface area contributed by atoms with Crippen molar-refractivity contribution >= 4 is 35.0 Å². The monoisotopic (exact) mass is 598 g/mol. The number of nitrogens with zero attached hydrogens (tertiary/aromatic N) is 4. The molecule has 0 saturated carbocycles. The fourth-order valence-corrected chi connectivity index (χ4v) is 14.8. The number of hydrogen-bond acceptors (Lipinski definition) is 4. The number of fused-ring (bicyclic) bond motifs is 1. The topological polar surface area (TPSA) is 60.1 Å². The molecule has 3 heterocycles. The van der Waals surface area contributed by atoms with Gasteiger partial charge in [0.25, 0.3) is 10.0 Å². The first kappa shape index (κ1) is 29.9. The van der Waals surface area contributed by atoms with Crippen molar-refractivity contribution in [3.63, 3.8) is 0 Å². The Morgan fingerprint density at radius 2 is 1.38 bits per heavy atom. The number of aromatic nitrogens is 3. The molecule has 0 radical (unpaired) electrons. The molecule has 220 valence electrons. The van der Waals surface area contributed by atoms with E-state index in [2.05, 4.69) is 99.5 Å². The van der Waals surface area contributed by atoms with Crippen LogP contribution in [0.5, 0.6) is 0 Å². The zero-order valence-corrected chi connectivity index (χ0v) is 27.7. The predicted molar refractivity (Wildman–Crippen MR) is 178 cm³/mol. The summed E-state index contributed by atoms with van der Waals surface area (Å²) < 4.78 is 31.6. The summed E-state index contributed by atoms with van der Waals surface area (Å²) in [7, 11) is -1.79. The van der Waals surface area contributed by atoms with E-state index in [1.807, 2.05) is 20.2 Å². The quantitative estimate of drug-likeness (QED) is 0.160. The molecule has 42 heavy (non-hydrogen) atoms. The molecule has 2 aromatic carbocycles. The fourth-order valence-electron chi connectivity index (χ4n) is 7.00. The molecule has 0 atom stereocenters. The van der Waals surface area contributed by atoms with E-state index in [1.54, 1.807) is 36.7 Å². The van der Waals surface area contributed by atoms with E-state index in [0.29, 0.717) is 22.3 Å². The maximum absolute atomic E-state index is 13.9. The van der Waals surface area contributed by atoms with E-state index in [9.17, 15) is 8.42 Å². The third-order valence-corrected chi connectivity index (χ3v) is 17.2. The molecule has 0 unspecified atom stereocenters. The van der Waals surface area contributed by atoms with Crippen LogP contribution in [0.1, 0.15) is 41.5 Å². The highest BCUT2D eigenvalue weighted by Gasteiger charge is 2.45. The van der Waals surface area contributed by atoms with E-state index in [-0.39, 0.29) is 4.90 Å². The van der Waals surface area contributed by atoms with E-state index in [4.69, 9.17) is 4.98 Å². The number of benzene rings is 2. The van der Waals surface area contributed by atoms with Crippen LogP contribution in [0.3, 0.4) is 0 Å². The molecule has 0 spiro atoms. The summed E-state index contributed by atoms with van der Waals surface area (Å²) in [5.41, 5.74) is 6.99. The first-order chi connectivity index (χ1) is 19.9. The lowest BCUT2D eigenvalue weighted by Gasteiger charge is -2.44. The predicted octanol–water partition coefficient (Wildman–Crippen LogP) is 8.50. The zero-order chi connectivity index (χ0) is 30.4. The normalized spacial score (nSPS) is 12.6. The van der Waals surface area contributed by atoms with Gasteiger partial charge in [0.05, 0.1) is 4.90 Å². The van der Waals surface area contributed by atoms with Crippen LogP contribution in [0, 0.1) is 0 Å². The van der Waals surface area contributed by atoms with Gasteiger partial charge in [-0.05, 0) is 64.8 Å². The molecular weight excluding hydrogens is 557 g/mol. The van der Waals surface area contributed by atoms with Crippen LogP contribution in [0.25, 0.3) is 33.3 Å². The first-order valence-electron chi connectivity index (χ1n) is 14.7. The van der Waals surface area contributed by atoms with Crippen molar-refractivity contribution < 1.29 is 8.42 Å². The number of anilines is 1. The van der Waals surface area contributed by atoms with Crippen LogP contribution in [0.2, 0.25) is 16.6 Å². The van der Waals surface area contributed by atoms with E-state index >= 15 is 0 Å². The van der Waals surface area contributed by atoms with Gasteiger partial charge in [-0.3, -0.25) is 0 Å². The molecule has 5 aromatic rings. The van der Waals surface area contributed by atoms with Gasteiger partial charge in [-0.1, -0.05) is 71.9 Å². The number of rotatable bonds is 9. The molecule has 0 N–H and O–H groups in total. The molecule has 8 heteroatoms. The van der Waals surface area contributed by atoms with Gasteiger partial charge in [0.15, 0.2) is 13.9 Å². The Labute approximate surface area is 251 Å². The molecule has 5 rings (SSSR count). The highest BCUT2D eigenvalue weighted by atomic mass is 32.2. The van der Waals surface area contributed by atoms with Crippen molar-refractivity contribution in [2.24, 2.45) is 0 Å². The molecule has 0 saturated heterocycles. The molecule has 0 bridgehead atoms. The maximum Gasteiger partial charge on any atom is 0.269 e. The summed E-state index contributed by atoms with van der Waals surface area (Å²) in [5.74, 6) is 0. The van der Waals surface area contributed by atoms with Gasteiger partial charge < -0.3 is 9.13 Å². The summed E-state index contributed by atoms with van der Waals surface area (Å²) in [4.78, 5) is 7.07. The van der Waals surface area contributed by atoms with Crippen LogP contribution in [0.15, 0.2) is 96.4 Å². The number of hydrogen-bond donors (Lipinski definition) is 0. The van der Waals surface area contributed by atoms with Gasteiger partial charge in [-0.15, -0.1) is 0 Å². The van der Waals surface area contributed by atoms with Gasteiger partial charge in [0, 0.05) is 60.4 Å². The largest absolute Gasteiger partial charge is 0.379 e. The van der Waals surface area contributed by atoms with Gasteiger partial charge in [0.2, 0.25) is 0 Å². The molecule has 6 nitrogen and oxygen atoms in total. The summed E-state index contributed by atoms with van der Waals surface area (Å²) in [6.45, 7) is 14.1. The average Bonchev–Trinajstić information content (AvgIpc) is 3.58. The van der Waals surface area contributed by atoms with Crippen LogP contribution >= 0.6 is 0 Å². The Kier molecular flexibility index (Phi) is 7.98. The molecule has 0 amide bonds. The van der Waals surface area contributed by atoms with Crippen molar-refractivity contribution in [3.8, 4) is 22.3 Å². The summed E-state index contributed by atoms with van der Waals surface area (Å²) >= 11 is 0. The van der Waals surface area contributed by atoms with Crippen LogP contribution in [-0.4, -0.2) is 43.9 Å². The molecule has 0 aliphatic rings. The maximum atomic E-state index is 13.9. The van der Waals surface area contributed by atoms with Crippen LogP contribution in [-0.2, 0) is 10.0 Å². The van der Waals surface area contributed by atoms with Gasteiger partial charge in [-0.2, -0.15) is 0 Å². The van der Waals surface area contributed by atoms with Crippen LogP contribution < -0.4 is 4.90 Å². The number of pyridine rings is 1. The first-order valence-corrected chi connectivity index (χ1v) is 18.3. The standard InChI is InChI=1S/C34H42N4O2SSi/c1-24(2)42(25(3)4,26(5)6)37-19-18-28(22-37)33-23-38(41(39,40)31-12-10-9-11-13-31)34-32(33)20-29(21-35-34)27-14-16-30(17-15-27)36(7)8/h9-26H,1-8H3. The SMILES string of the molecule is CC(C)[Si](C(C)C)(C(C)C)n1ccc(-c2cn(S(=O)(=O)c3ccccc3)c3ncc(-c4ccc(N(C)C)cc4)cc23)c1. The minimum absolute atomic E-state index is 0.238. The Hall–Kier alpha value is -3.62. The highest BCUT2D eigenvalue weighted by molar-refractivity contribution is 7.90. The second-order valence-electron chi connectivity index (χ2n) is 12.4. The lowest BCUT2D eigenvalue weighted by atomic mass is 10.0. The second kappa shape index (κ2) is 11.2. The van der Waals surface area contributed by atoms with Crippen LogP contribution in [0.4, 0.5) is 5.69 Å². The third-order valence-electron chi connectivity index (χ3n) is 8.85. The Morgan fingerprint density at radius 3 is 1.95 bits per heavy atom. The molecule has 0 aliphatic carbocycles. The minimum atomic E-state index is -3.86. The van der Waals surface area contributed by atoms with E-state index in [1.165, 1.54) is 3.97 Å². The third kappa shape index (κ3) is 4.90. The van der Waals surface area contributed by atoms with Crippen molar-refractivity contribution in [3.05, 3.63) is 91.5 Å². The van der Waals surface area contributed by atoms with Gasteiger partial charge in [0.1, 0.15) is 0 Å². The average molecular weight is 599 g/mol. The van der Waals surface area contributed by atoms with Gasteiger partial charge >= 0.3 is 0 Å². The Bertz CT molecular complexity index is 1780. The van der Waals surface area contributed by atoms with E-state index < -0.39 is 18.3 Å². The lowest BCUT2D eigenvalue weighted by molar-refractivity contribution is 0.589. The Morgan fingerprint density at radius 1 is 0.762 bits per heavy atom. The van der Waals surface area contributed by atoms with E-state index in [0.717, 1.165) is 33.3 Å². The van der Waals surface area contributed by atoms with Crippen molar-refractivity contribution in [2.75, 3.05) is 19.0 Å². The van der Waals surface area contributed by atoms with Gasteiger partial charge in [-0.25, -0.2) is 17.4 Å². The minimum Gasteiger partial charge on any atom is -0.379 e. The van der Waals surface area contributed by atoms with Crippen molar-refractivity contribution in [1.82, 2.24) is 13.2 Å². The molecule has 0 aliphatic heterocycles. The summed E-state index contributed by atoms with van der Waals surface area (Å²) in [5, 5.41) is 0.812. The summed E-state index contributed by atoms with van der Waals surface area (Å²) in [6, 6.07) is 21.1. The molecule has 3 aromatic heterocycles. The molecular formula is C34H42N4O2SSi.